The maximum Gasteiger partial charge on any atom is 0.332 e. The van der Waals surface area contributed by atoms with Gasteiger partial charge in [0.25, 0.3) is 0 Å². The van der Waals surface area contributed by atoms with E-state index < -0.39 is 35.7 Å². The largest absolute Gasteiger partial charge is 0.478 e. The van der Waals surface area contributed by atoms with E-state index in [9.17, 15) is 19.2 Å². The highest BCUT2D eigenvalue weighted by molar-refractivity contribution is 6.00. The SMILES string of the molecule is O=C(O)C1=CCCCC1C(=O)OC(=O)C1CCCC=C1C(=O)O. The molecule has 0 fully saturated rings. The summed E-state index contributed by atoms with van der Waals surface area (Å²) in [6, 6.07) is 0. The number of allylic oxidation sites excluding steroid dienone is 2. The Morgan fingerprint density at radius 1 is 0.826 bits per heavy atom. The Morgan fingerprint density at radius 3 is 1.57 bits per heavy atom. The zero-order valence-electron chi connectivity index (χ0n) is 12.5. The number of hydrogen-bond acceptors (Lipinski definition) is 5. The van der Waals surface area contributed by atoms with Crippen molar-refractivity contribution < 1.29 is 34.1 Å². The van der Waals surface area contributed by atoms with Crippen molar-refractivity contribution in [2.45, 2.75) is 38.5 Å². The Hall–Kier alpha value is -2.44. The lowest BCUT2D eigenvalue weighted by Gasteiger charge is -2.22. The predicted octanol–water partition coefficient (Wildman–Crippen LogP) is 1.68. The van der Waals surface area contributed by atoms with E-state index >= 15 is 0 Å². The summed E-state index contributed by atoms with van der Waals surface area (Å²) in [6.07, 6.45) is 5.93. The van der Waals surface area contributed by atoms with Crippen molar-refractivity contribution in [3.8, 4) is 0 Å². The topological polar surface area (TPSA) is 118 Å². The number of carboxylic acids is 2. The smallest absolute Gasteiger partial charge is 0.332 e. The number of ether oxygens (including phenoxy) is 1. The van der Waals surface area contributed by atoms with Gasteiger partial charge in [-0.2, -0.15) is 0 Å². The number of aliphatic carboxylic acids is 2. The first-order valence-electron chi connectivity index (χ1n) is 7.54. The molecule has 0 saturated carbocycles. The Labute approximate surface area is 132 Å². The summed E-state index contributed by atoms with van der Waals surface area (Å²) < 4.78 is 4.80. The van der Waals surface area contributed by atoms with Gasteiger partial charge in [-0.3, -0.25) is 9.59 Å². The summed E-state index contributed by atoms with van der Waals surface area (Å²) in [7, 11) is 0. The van der Waals surface area contributed by atoms with E-state index in [4.69, 9.17) is 14.9 Å². The number of carbonyl (C=O) groups excluding carboxylic acids is 2. The molecule has 0 radical (unpaired) electrons. The Bertz CT molecular complexity index is 548. The second kappa shape index (κ2) is 7.21. The maximum atomic E-state index is 12.1. The minimum Gasteiger partial charge on any atom is -0.478 e. The molecule has 2 N–H and O–H groups in total. The second-order valence-electron chi connectivity index (χ2n) is 5.64. The fourth-order valence-corrected chi connectivity index (χ4v) is 2.96. The van der Waals surface area contributed by atoms with Crippen LogP contribution in [0.3, 0.4) is 0 Å². The molecule has 0 aliphatic heterocycles. The zero-order valence-corrected chi connectivity index (χ0v) is 12.5. The molecule has 2 atom stereocenters. The number of esters is 2. The lowest BCUT2D eigenvalue weighted by molar-refractivity contribution is -0.166. The molecule has 0 heterocycles. The van der Waals surface area contributed by atoms with Gasteiger partial charge < -0.3 is 14.9 Å². The monoisotopic (exact) mass is 322 g/mol. The normalized spacial score (nSPS) is 24.2. The third kappa shape index (κ3) is 3.85. The van der Waals surface area contributed by atoms with Crippen molar-refractivity contribution in [3.05, 3.63) is 23.3 Å². The first-order chi connectivity index (χ1) is 10.9. The summed E-state index contributed by atoms with van der Waals surface area (Å²) in [5.41, 5.74) is -0.126. The summed E-state index contributed by atoms with van der Waals surface area (Å²) >= 11 is 0. The maximum absolute atomic E-state index is 12.1. The van der Waals surface area contributed by atoms with E-state index in [-0.39, 0.29) is 11.1 Å². The molecule has 2 unspecified atom stereocenters. The van der Waals surface area contributed by atoms with Crippen LogP contribution in [0, 0.1) is 11.8 Å². The molecule has 0 amide bonds. The van der Waals surface area contributed by atoms with Gasteiger partial charge in [0.05, 0.1) is 11.8 Å². The van der Waals surface area contributed by atoms with Crippen LogP contribution in [0.1, 0.15) is 38.5 Å². The third-order valence-corrected chi connectivity index (χ3v) is 4.14. The molecule has 2 aliphatic rings. The van der Waals surface area contributed by atoms with Crippen LogP contribution in [-0.4, -0.2) is 34.1 Å². The average Bonchev–Trinajstić information content (AvgIpc) is 2.54. The Kier molecular flexibility index (Phi) is 5.31. The summed E-state index contributed by atoms with van der Waals surface area (Å²) in [6.45, 7) is 0. The van der Waals surface area contributed by atoms with Gasteiger partial charge >= 0.3 is 23.9 Å². The van der Waals surface area contributed by atoms with E-state index in [1.54, 1.807) is 0 Å². The lowest BCUT2D eigenvalue weighted by atomic mass is 9.86. The summed E-state index contributed by atoms with van der Waals surface area (Å²) in [5.74, 6) is -6.21. The molecule has 7 heteroatoms. The number of carboxylic acid groups (broad SMARTS) is 2. The van der Waals surface area contributed by atoms with E-state index in [1.807, 2.05) is 0 Å². The van der Waals surface area contributed by atoms with Crippen molar-refractivity contribution in [2.24, 2.45) is 11.8 Å². The third-order valence-electron chi connectivity index (χ3n) is 4.14. The predicted molar refractivity (Wildman–Crippen MR) is 77.2 cm³/mol. The van der Waals surface area contributed by atoms with Gasteiger partial charge in [0.2, 0.25) is 0 Å². The van der Waals surface area contributed by atoms with Crippen molar-refractivity contribution in [2.75, 3.05) is 0 Å². The van der Waals surface area contributed by atoms with E-state index in [2.05, 4.69) is 0 Å². The van der Waals surface area contributed by atoms with Crippen LogP contribution in [0.4, 0.5) is 0 Å². The number of carbonyl (C=O) groups is 4. The molecular weight excluding hydrogens is 304 g/mol. The highest BCUT2D eigenvalue weighted by Gasteiger charge is 2.36. The van der Waals surface area contributed by atoms with E-state index in [0.717, 1.165) is 0 Å². The molecule has 2 rings (SSSR count). The van der Waals surface area contributed by atoms with Gasteiger partial charge in [0, 0.05) is 11.1 Å². The highest BCUT2D eigenvalue weighted by Crippen LogP contribution is 2.29. The Morgan fingerprint density at radius 2 is 1.22 bits per heavy atom. The molecular formula is C16H18O7. The Balaban J connectivity index is 2.09. The van der Waals surface area contributed by atoms with Gasteiger partial charge in [-0.1, -0.05) is 12.2 Å². The number of rotatable bonds is 4. The van der Waals surface area contributed by atoms with E-state index in [0.29, 0.717) is 38.5 Å². The van der Waals surface area contributed by atoms with Gasteiger partial charge in [-0.25, -0.2) is 9.59 Å². The molecule has 124 valence electrons. The van der Waals surface area contributed by atoms with Crippen LogP contribution in [0.5, 0.6) is 0 Å². The average molecular weight is 322 g/mol. The van der Waals surface area contributed by atoms with Crippen LogP contribution in [0.15, 0.2) is 23.3 Å². The molecule has 0 spiro atoms. The van der Waals surface area contributed by atoms with Crippen molar-refractivity contribution in [1.29, 1.82) is 0 Å². The lowest BCUT2D eigenvalue weighted by Crippen LogP contribution is -2.32. The molecule has 23 heavy (non-hydrogen) atoms. The van der Waals surface area contributed by atoms with Gasteiger partial charge in [-0.15, -0.1) is 0 Å². The van der Waals surface area contributed by atoms with E-state index in [1.165, 1.54) is 12.2 Å². The van der Waals surface area contributed by atoms with Gasteiger partial charge in [0.1, 0.15) is 0 Å². The molecule has 0 aromatic heterocycles. The van der Waals surface area contributed by atoms with Gasteiger partial charge in [0.15, 0.2) is 0 Å². The summed E-state index contributed by atoms with van der Waals surface area (Å²) in [5, 5.41) is 18.2. The summed E-state index contributed by atoms with van der Waals surface area (Å²) in [4.78, 5) is 46.6. The molecule has 7 nitrogen and oxygen atoms in total. The second-order valence-corrected chi connectivity index (χ2v) is 5.64. The standard InChI is InChI=1S/C16H18O7/c17-13(18)9-5-1-3-7-11(9)15(21)23-16(22)12-8-4-2-6-10(12)14(19)20/h5-6,11-12H,1-4,7-8H2,(H,17,18)(H,19,20). The minimum atomic E-state index is -1.21. The van der Waals surface area contributed by atoms with Crippen LogP contribution in [-0.2, 0) is 23.9 Å². The molecule has 0 saturated heterocycles. The molecule has 0 bridgehead atoms. The van der Waals surface area contributed by atoms with Crippen molar-refractivity contribution in [1.82, 2.24) is 0 Å². The van der Waals surface area contributed by atoms with Crippen LogP contribution in [0.2, 0.25) is 0 Å². The van der Waals surface area contributed by atoms with Crippen LogP contribution in [0.25, 0.3) is 0 Å². The van der Waals surface area contributed by atoms with Crippen LogP contribution < -0.4 is 0 Å². The van der Waals surface area contributed by atoms with Crippen LogP contribution >= 0.6 is 0 Å². The van der Waals surface area contributed by atoms with Gasteiger partial charge in [-0.05, 0) is 38.5 Å². The zero-order chi connectivity index (χ0) is 17.0. The first-order valence-corrected chi connectivity index (χ1v) is 7.54. The molecule has 2 aliphatic carbocycles. The number of hydrogen-bond donors (Lipinski definition) is 2. The quantitative estimate of drug-likeness (QED) is 0.597. The minimum absolute atomic E-state index is 0.0632. The fraction of sp³-hybridized carbons (Fsp3) is 0.500. The fourth-order valence-electron chi connectivity index (χ4n) is 2.96. The molecule has 0 aromatic carbocycles. The molecule has 0 aromatic rings. The first kappa shape index (κ1) is 16.9. The highest BCUT2D eigenvalue weighted by atomic mass is 16.6. The van der Waals surface area contributed by atoms with Crippen molar-refractivity contribution in [3.63, 3.8) is 0 Å². The van der Waals surface area contributed by atoms with Crippen molar-refractivity contribution >= 4 is 23.9 Å².